The minimum absolute atomic E-state index is 0.0978. The molecular weight excluding hydrogens is 230 g/mol. The Labute approximate surface area is 108 Å². The van der Waals surface area contributed by atoms with Crippen LogP contribution in [0.15, 0.2) is 24.3 Å². The number of benzene rings is 1. The third-order valence-corrected chi connectivity index (χ3v) is 3.53. The Bertz CT molecular complexity index is 412. The maximum absolute atomic E-state index is 11.2. The van der Waals surface area contributed by atoms with Gasteiger partial charge < -0.3 is 10.2 Å². The number of nitrogens with zero attached hydrogens (tertiary/aromatic N) is 1. The fourth-order valence-electron chi connectivity index (χ4n) is 1.81. The molecule has 0 radical (unpaired) electrons. The first-order valence-electron chi connectivity index (χ1n) is 5.99. The van der Waals surface area contributed by atoms with E-state index in [9.17, 15) is 15.0 Å². The summed E-state index contributed by atoms with van der Waals surface area (Å²) in [6, 6.07) is 7.09. The van der Waals surface area contributed by atoms with E-state index in [0.29, 0.717) is 0 Å². The molecule has 0 heterocycles. The van der Waals surface area contributed by atoms with Crippen molar-refractivity contribution in [2.45, 2.75) is 38.8 Å². The molecule has 1 atom stereocenters. The number of hydrogen-bond acceptors (Lipinski definition) is 3. The quantitative estimate of drug-likeness (QED) is 0.841. The molecule has 1 aromatic rings. The van der Waals surface area contributed by atoms with Crippen molar-refractivity contribution in [3.63, 3.8) is 0 Å². The van der Waals surface area contributed by atoms with Crippen molar-refractivity contribution in [2.75, 3.05) is 7.05 Å². The second-order valence-electron chi connectivity index (χ2n) is 5.19. The molecule has 100 valence electrons. The second-order valence-corrected chi connectivity index (χ2v) is 5.19. The number of carboxylic acid groups (broad SMARTS) is 1. The smallest absolute Gasteiger partial charge is 0.323 e. The molecule has 4 heteroatoms. The summed E-state index contributed by atoms with van der Waals surface area (Å²) in [7, 11) is 1.82. The van der Waals surface area contributed by atoms with Crippen LogP contribution < -0.4 is 0 Å². The molecule has 1 unspecified atom stereocenters. The van der Waals surface area contributed by atoms with Crippen LogP contribution in [0.1, 0.15) is 26.3 Å². The lowest BCUT2D eigenvalue weighted by atomic mass is 9.98. The van der Waals surface area contributed by atoms with Gasteiger partial charge in [-0.2, -0.15) is 0 Å². The van der Waals surface area contributed by atoms with Crippen LogP contribution in [-0.2, 0) is 11.2 Å². The van der Waals surface area contributed by atoms with Crippen molar-refractivity contribution >= 4 is 5.97 Å². The van der Waals surface area contributed by atoms with Gasteiger partial charge in [0.1, 0.15) is 11.3 Å². The lowest BCUT2D eigenvalue weighted by Crippen LogP contribution is -2.52. The summed E-state index contributed by atoms with van der Waals surface area (Å²) in [6.07, 6.45) is 0.744. The van der Waals surface area contributed by atoms with E-state index in [1.165, 1.54) is 0 Å². The highest BCUT2D eigenvalue weighted by molar-refractivity contribution is 5.77. The second kappa shape index (κ2) is 5.40. The summed E-state index contributed by atoms with van der Waals surface area (Å²) in [5.74, 6) is -0.590. The van der Waals surface area contributed by atoms with Crippen molar-refractivity contribution in [3.05, 3.63) is 29.8 Å². The molecule has 0 saturated carbocycles. The molecule has 1 rings (SSSR count). The predicted molar refractivity (Wildman–Crippen MR) is 70.8 cm³/mol. The fraction of sp³-hybridized carbons (Fsp3) is 0.500. The average Bonchev–Trinajstić information content (AvgIpc) is 2.30. The van der Waals surface area contributed by atoms with Gasteiger partial charge in [0, 0.05) is 6.04 Å². The number of carbonyl (C=O) groups is 1. The molecule has 0 saturated heterocycles. The monoisotopic (exact) mass is 251 g/mol. The van der Waals surface area contributed by atoms with E-state index in [1.54, 1.807) is 26.0 Å². The van der Waals surface area contributed by atoms with Crippen LogP contribution in [0.2, 0.25) is 0 Å². The van der Waals surface area contributed by atoms with Gasteiger partial charge in [-0.25, -0.2) is 0 Å². The molecule has 0 aliphatic carbocycles. The number of phenols is 1. The summed E-state index contributed by atoms with van der Waals surface area (Å²) < 4.78 is 0. The van der Waals surface area contributed by atoms with Gasteiger partial charge in [-0.3, -0.25) is 9.69 Å². The number of rotatable bonds is 5. The first-order valence-corrected chi connectivity index (χ1v) is 5.99. The Morgan fingerprint density at radius 3 is 2.28 bits per heavy atom. The standard InChI is InChI=1S/C14H21NO3/c1-10(15(4)14(2,3)13(17)18)9-11-5-7-12(16)8-6-11/h5-8,10,16H,9H2,1-4H3,(H,17,18). The molecule has 1 aromatic carbocycles. The molecule has 0 spiro atoms. The van der Waals surface area contributed by atoms with E-state index < -0.39 is 11.5 Å². The maximum atomic E-state index is 11.2. The number of aromatic hydroxyl groups is 1. The highest BCUT2D eigenvalue weighted by Crippen LogP contribution is 2.19. The Morgan fingerprint density at radius 2 is 1.83 bits per heavy atom. The van der Waals surface area contributed by atoms with Crippen LogP contribution >= 0.6 is 0 Å². The van der Waals surface area contributed by atoms with Gasteiger partial charge in [0.25, 0.3) is 0 Å². The first kappa shape index (κ1) is 14.5. The van der Waals surface area contributed by atoms with Crippen LogP contribution in [0.3, 0.4) is 0 Å². The Hall–Kier alpha value is -1.55. The van der Waals surface area contributed by atoms with Gasteiger partial charge in [-0.05, 0) is 51.9 Å². The molecule has 0 fully saturated rings. The normalized spacial score (nSPS) is 13.6. The zero-order valence-corrected chi connectivity index (χ0v) is 11.3. The predicted octanol–water partition coefficient (Wildman–Crippen LogP) is 2.12. The lowest BCUT2D eigenvalue weighted by Gasteiger charge is -2.36. The topological polar surface area (TPSA) is 60.8 Å². The Kier molecular flexibility index (Phi) is 4.35. The van der Waals surface area contributed by atoms with Gasteiger partial charge in [0.05, 0.1) is 0 Å². The van der Waals surface area contributed by atoms with Crippen LogP contribution in [0.5, 0.6) is 5.75 Å². The van der Waals surface area contributed by atoms with E-state index in [0.717, 1.165) is 12.0 Å². The van der Waals surface area contributed by atoms with Crippen LogP contribution in [0.4, 0.5) is 0 Å². The van der Waals surface area contributed by atoms with Crippen molar-refractivity contribution < 1.29 is 15.0 Å². The summed E-state index contributed by atoms with van der Waals surface area (Å²) >= 11 is 0. The lowest BCUT2D eigenvalue weighted by molar-refractivity contribution is -0.149. The van der Waals surface area contributed by atoms with Crippen molar-refractivity contribution in [3.8, 4) is 5.75 Å². The molecule has 0 aliphatic heterocycles. The van der Waals surface area contributed by atoms with Gasteiger partial charge in [0.15, 0.2) is 0 Å². The maximum Gasteiger partial charge on any atom is 0.323 e. The van der Waals surface area contributed by atoms with Gasteiger partial charge in [-0.15, -0.1) is 0 Å². The zero-order valence-electron chi connectivity index (χ0n) is 11.3. The molecule has 0 bridgehead atoms. The third kappa shape index (κ3) is 3.23. The number of carboxylic acids is 1. The largest absolute Gasteiger partial charge is 0.508 e. The Balaban J connectivity index is 2.73. The van der Waals surface area contributed by atoms with Crippen molar-refractivity contribution in [1.29, 1.82) is 0 Å². The van der Waals surface area contributed by atoms with Gasteiger partial charge >= 0.3 is 5.97 Å². The molecule has 2 N–H and O–H groups in total. The average molecular weight is 251 g/mol. The summed E-state index contributed by atoms with van der Waals surface area (Å²) in [5.41, 5.74) is 0.185. The minimum atomic E-state index is -0.893. The van der Waals surface area contributed by atoms with E-state index in [2.05, 4.69) is 0 Å². The van der Waals surface area contributed by atoms with Crippen LogP contribution in [-0.4, -0.2) is 39.7 Å². The van der Waals surface area contributed by atoms with Crippen LogP contribution in [0, 0.1) is 0 Å². The number of aliphatic carboxylic acids is 1. The zero-order chi connectivity index (χ0) is 13.9. The molecule has 0 aliphatic rings. The van der Waals surface area contributed by atoms with Gasteiger partial charge in [-0.1, -0.05) is 12.1 Å². The van der Waals surface area contributed by atoms with E-state index in [4.69, 9.17) is 0 Å². The minimum Gasteiger partial charge on any atom is -0.508 e. The number of likely N-dealkylation sites (N-methyl/N-ethyl adjacent to an activating group) is 1. The molecule has 0 aromatic heterocycles. The molecule has 18 heavy (non-hydrogen) atoms. The molecule has 4 nitrogen and oxygen atoms in total. The SMILES string of the molecule is CC(Cc1ccc(O)cc1)N(C)C(C)(C)C(=O)O. The first-order chi connectivity index (χ1) is 8.25. The number of hydrogen-bond donors (Lipinski definition) is 2. The number of phenolic OH excluding ortho intramolecular Hbond substituents is 1. The van der Waals surface area contributed by atoms with Crippen molar-refractivity contribution in [1.82, 2.24) is 4.90 Å². The van der Waals surface area contributed by atoms with Crippen LogP contribution in [0.25, 0.3) is 0 Å². The summed E-state index contributed by atoms with van der Waals surface area (Å²) in [4.78, 5) is 13.0. The highest BCUT2D eigenvalue weighted by atomic mass is 16.4. The van der Waals surface area contributed by atoms with E-state index in [-0.39, 0.29) is 11.8 Å². The third-order valence-electron chi connectivity index (χ3n) is 3.53. The Morgan fingerprint density at radius 1 is 1.33 bits per heavy atom. The molecular formula is C14H21NO3. The summed E-state index contributed by atoms with van der Waals surface area (Å²) in [6.45, 7) is 5.39. The van der Waals surface area contributed by atoms with Gasteiger partial charge in [0.2, 0.25) is 0 Å². The highest BCUT2D eigenvalue weighted by Gasteiger charge is 2.34. The summed E-state index contributed by atoms with van der Waals surface area (Å²) in [5, 5.41) is 18.4. The molecule has 0 amide bonds. The fourth-order valence-corrected chi connectivity index (χ4v) is 1.81. The van der Waals surface area contributed by atoms with E-state index in [1.807, 2.05) is 31.0 Å². The van der Waals surface area contributed by atoms with E-state index >= 15 is 0 Å². The van der Waals surface area contributed by atoms with Crippen molar-refractivity contribution in [2.24, 2.45) is 0 Å².